The number of hydrogen-bond acceptors (Lipinski definition) is 14. The molecule has 12 atom stereocenters. The number of ether oxygens (including phenoxy) is 2. The normalized spacial score (nSPS) is 31.9. The lowest BCUT2D eigenvalue weighted by Gasteiger charge is -2.54. The van der Waals surface area contributed by atoms with E-state index >= 15 is 37.5 Å². The fraction of sp³-hybridized carbons (Fsp3) is 0.816. The summed E-state index contributed by atoms with van der Waals surface area (Å²) >= 11 is 0. The molecule has 0 aromatic carbocycles. The number of alkyl halides is 8. The average Bonchev–Trinajstić information content (AvgIpc) is 0.831. The molecule has 110 heavy (non-hydrogen) atoms. The third-order valence-corrected chi connectivity index (χ3v) is 24.1. The van der Waals surface area contributed by atoms with Gasteiger partial charge in [0.2, 0.25) is 70.9 Å². The van der Waals surface area contributed by atoms with Gasteiger partial charge in [0, 0.05) is 89.1 Å². The summed E-state index contributed by atoms with van der Waals surface area (Å²) in [6.07, 6.45) is -14.1. The van der Waals surface area contributed by atoms with Gasteiger partial charge in [0.15, 0.2) is 0 Å². The SMILES string of the molecule is CCOC[C@H]1C(=O)N[C@@H]([C@@H](C)CC)C(=O)N(C)CC(=O)N(C)[C@H]2C/C=C\CCN(C2=O)[C@@H](CC2CCC(C(F)(F)F)CC2)C(=O)N(C)CC(=O)N[C@@H](CCC2CC(F)C(C(F)(F)F)C(F)C2)C(=O)N2C[C@H](OCC)C[C@H]2C(=O)NC2(CC(C)(C)C2)C(=O)N(C)[C@@H](CC2CCC2)C(=O)N(C)[C@H](C(=O)N(C)C)CC(=O)N1C. The molecule has 2 bridgehead atoms. The summed E-state index contributed by atoms with van der Waals surface area (Å²) in [5, 5.41) is 8.37. The zero-order chi connectivity index (χ0) is 82.0. The van der Waals surface area contributed by atoms with Crippen molar-refractivity contribution in [2.75, 3.05) is 102 Å². The molecule has 4 aliphatic carbocycles. The Morgan fingerprint density at radius 2 is 1.24 bits per heavy atom. The Kier molecular flexibility index (Phi) is 31.1. The predicted octanol–water partition coefficient (Wildman–Crippen LogP) is 5.98. The van der Waals surface area contributed by atoms with Crippen LogP contribution in [-0.2, 0) is 67.0 Å². The van der Waals surface area contributed by atoms with Gasteiger partial charge in [-0.05, 0) is 133 Å². The minimum absolute atomic E-state index is 0.000374. The van der Waals surface area contributed by atoms with Crippen molar-refractivity contribution in [1.29, 1.82) is 0 Å². The van der Waals surface area contributed by atoms with E-state index < -0.39 is 236 Å². The lowest BCUT2D eigenvalue weighted by Crippen LogP contribution is -2.71. The van der Waals surface area contributed by atoms with Crippen LogP contribution in [0.3, 0.4) is 0 Å². The van der Waals surface area contributed by atoms with E-state index in [2.05, 4.69) is 16.0 Å². The quantitative estimate of drug-likeness (QED) is 0.126. The molecule has 34 heteroatoms. The van der Waals surface area contributed by atoms with E-state index in [0.717, 1.165) is 35.8 Å². The van der Waals surface area contributed by atoms with E-state index in [9.17, 15) is 55.1 Å². The van der Waals surface area contributed by atoms with E-state index in [1.54, 1.807) is 39.8 Å². The molecular weight excluding hydrogens is 1460 g/mol. The van der Waals surface area contributed by atoms with Crippen molar-refractivity contribution < 1.29 is 102 Å². The van der Waals surface area contributed by atoms with Crippen molar-refractivity contribution in [2.24, 2.45) is 40.9 Å². The van der Waals surface area contributed by atoms with E-state index in [1.165, 1.54) is 71.1 Å². The molecule has 3 heterocycles. The number of fused-ring (bicyclic) bond motifs is 3. The maximum atomic E-state index is 15.7. The Labute approximate surface area is 640 Å². The fourth-order valence-corrected chi connectivity index (χ4v) is 17.2. The van der Waals surface area contributed by atoms with Gasteiger partial charge in [-0.15, -0.1) is 0 Å². The molecule has 0 aromatic heterocycles. The summed E-state index contributed by atoms with van der Waals surface area (Å²) in [5.74, 6) is -16.9. The monoisotopic (exact) mass is 1570 g/mol. The third kappa shape index (κ3) is 21.9. The molecule has 0 radical (unpaired) electrons. The van der Waals surface area contributed by atoms with Gasteiger partial charge in [0.1, 0.15) is 72.1 Å². The molecule has 3 aliphatic heterocycles. The second-order valence-electron chi connectivity index (χ2n) is 32.9. The van der Waals surface area contributed by atoms with Gasteiger partial charge in [0.05, 0.1) is 38.1 Å². The number of hydrogen-bond donors (Lipinski definition) is 3. The Morgan fingerprint density at radius 3 is 1.79 bits per heavy atom. The van der Waals surface area contributed by atoms with Crippen molar-refractivity contribution in [2.45, 2.75) is 255 Å². The summed E-state index contributed by atoms with van der Waals surface area (Å²) in [6, 6.07) is -11.8. The van der Waals surface area contributed by atoms with Crippen LogP contribution in [0, 0.1) is 40.9 Å². The first-order valence-electron chi connectivity index (χ1n) is 39.0. The number of carbonyl (C=O) groups excluding carboxylic acids is 12. The highest BCUT2D eigenvalue weighted by Gasteiger charge is 2.60. The Hall–Kier alpha value is -7.26. The second-order valence-corrected chi connectivity index (χ2v) is 32.9. The summed E-state index contributed by atoms with van der Waals surface area (Å²) in [4.78, 5) is 191. The third-order valence-electron chi connectivity index (χ3n) is 24.1. The van der Waals surface area contributed by atoms with Gasteiger partial charge in [-0.3, -0.25) is 57.5 Å². The number of likely N-dealkylation sites (N-methyl/N-ethyl adjacent to an activating group) is 7. The number of rotatable bonds is 15. The van der Waals surface area contributed by atoms with Crippen LogP contribution in [0.15, 0.2) is 12.2 Å². The van der Waals surface area contributed by atoms with Gasteiger partial charge >= 0.3 is 12.4 Å². The Balaban J connectivity index is 1.34. The lowest BCUT2D eigenvalue weighted by atomic mass is 9.58. The molecule has 7 rings (SSSR count). The van der Waals surface area contributed by atoms with Crippen LogP contribution < -0.4 is 16.0 Å². The molecule has 12 amide bonds. The highest BCUT2D eigenvalue weighted by molar-refractivity contribution is 6.01. The molecule has 0 aromatic rings. The average molecular weight is 1580 g/mol. The molecule has 1 spiro atoms. The van der Waals surface area contributed by atoms with Crippen molar-refractivity contribution in [3.8, 4) is 0 Å². The summed E-state index contributed by atoms with van der Waals surface area (Å²) in [5.41, 5.74) is -2.39. The van der Waals surface area contributed by atoms with Crippen LogP contribution in [0.1, 0.15) is 170 Å². The van der Waals surface area contributed by atoms with Crippen LogP contribution in [0.25, 0.3) is 0 Å². The lowest BCUT2D eigenvalue weighted by molar-refractivity contribution is -0.219. The number of nitrogens with zero attached hydrogens (tertiary/aromatic N) is 9. The maximum absolute atomic E-state index is 15.7. The van der Waals surface area contributed by atoms with E-state index in [0.29, 0.717) is 19.3 Å². The second kappa shape index (κ2) is 38.0. The van der Waals surface area contributed by atoms with Crippen LogP contribution >= 0.6 is 0 Å². The van der Waals surface area contributed by atoms with Crippen LogP contribution in [-0.4, -0.2) is 302 Å². The minimum atomic E-state index is -5.22. The molecule has 2 saturated heterocycles. The van der Waals surface area contributed by atoms with Crippen LogP contribution in [0.5, 0.6) is 0 Å². The van der Waals surface area contributed by atoms with E-state index in [-0.39, 0.29) is 109 Å². The van der Waals surface area contributed by atoms with Gasteiger partial charge in [-0.25, -0.2) is 8.78 Å². The van der Waals surface area contributed by atoms with Gasteiger partial charge in [-0.1, -0.05) is 65.5 Å². The van der Waals surface area contributed by atoms with Gasteiger partial charge in [0.25, 0.3) is 0 Å². The number of nitrogens with one attached hydrogen (secondary N) is 3. The minimum Gasteiger partial charge on any atom is -0.379 e. The van der Waals surface area contributed by atoms with E-state index in [4.69, 9.17) is 9.47 Å². The van der Waals surface area contributed by atoms with Crippen molar-refractivity contribution in [1.82, 2.24) is 60.0 Å². The highest BCUT2D eigenvalue weighted by atomic mass is 19.4. The topological polar surface area (TPSA) is 289 Å². The summed E-state index contributed by atoms with van der Waals surface area (Å²) in [7, 11) is 10.7. The highest BCUT2D eigenvalue weighted by Crippen LogP contribution is 2.50. The van der Waals surface area contributed by atoms with Crippen molar-refractivity contribution >= 4 is 70.9 Å². The van der Waals surface area contributed by atoms with E-state index in [1.807, 2.05) is 13.8 Å². The molecule has 6 fully saturated rings. The summed E-state index contributed by atoms with van der Waals surface area (Å²) < 4.78 is 127. The first kappa shape index (κ1) is 89.9. The number of amides is 12. The number of halogens is 8. The first-order chi connectivity index (χ1) is 51.4. The molecular formula is C76H118F8N12O14. The zero-order valence-electron chi connectivity index (χ0n) is 66.3. The number of carbonyl (C=O) groups is 12. The van der Waals surface area contributed by atoms with Gasteiger partial charge in [-0.2, -0.15) is 26.3 Å². The molecule has 3 N–H and O–H groups in total. The molecule has 2 unspecified atom stereocenters. The summed E-state index contributed by atoms with van der Waals surface area (Å²) in [6.45, 7) is 8.12. The Morgan fingerprint density at radius 1 is 0.627 bits per heavy atom. The molecule has 4 saturated carbocycles. The first-order valence-corrected chi connectivity index (χ1v) is 39.0. The zero-order valence-corrected chi connectivity index (χ0v) is 66.3. The van der Waals surface area contributed by atoms with Crippen molar-refractivity contribution in [3.63, 3.8) is 0 Å². The molecule has 7 aliphatic rings. The molecule has 26 nitrogen and oxygen atoms in total. The fourth-order valence-electron chi connectivity index (χ4n) is 17.2. The standard InChI is InChI=1S/C76H118F8N12O14/c1-15-44(4)63-71(107)90(10)40-61(99)91(11)53-24-19-18-20-31-95(70(53)106)57(35-46-25-28-48(29-26-46)75(79,80)81)68(104)89(9)39-59(97)85-52(30-27-47-32-50(77)62(51(78)33-47)76(82,83)84)66(102)96-38-49(110-17-3)36-54(96)65(101)87-74(42-73(5,6)43-74)72(108)94(14)55(34-45-22-21-23-45)69(105)93(13)56(67(103)88(7)8)37-60(98)92(12)58(41-109-16-2)64(100)86-63/h18-19,44-58,62-63H,15-17,20-43H2,1-14H3,(H,85,97)(H,86,100)(H,87,101)/b19-18-/t44-,46?,47?,48?,49+,50?,51?,52-,53-,54-,55-,56-,57-,58-,62?,63-/m0/s1. The maximum Gasteiger partial charge on any atom is 0.397 e. The van der Waals surface area contributed by atoms with Crippen LogP contribution in [0.2, 0.25) is 0 Å². The van der Waals surface area contributed by atoms with Gasteiger partial charge < -0.3 is 69.5 Å². The molecule has 622 valence electrons. The van der Waals surface area contributed by atoms with Crippen molar-refractivity contribution in [3.05, 3.63) is 12.2 Å². The van der Waals surface area contributed by atoms with Crippen LogP contribution in [0.4, 0.5) is 35.1 Å². The Bertz CT molecular complexity index is 3300. The smallest absolute Gasteiger partial charge is 0.379 e. The predicted molar refractivity (Wildman–Crippen MR) is 387 cm³/mol. The largest absolute Gasteiger partial charge is 0.397 e.